The van der Waals surface area contributed by atoms with Crippen LogP contribution in [0, 0.1) is 11.8 Å². The Labute approximate surface area is 109 Å². The van der Waals surface area contributed by atoms with E-state index in [0.717, 1.165) is 5.92 Å². The van der Waals surface area contributed by atoms with Crippen molar-refractivity contribution in [2.24, 2.45) is 11.8 Å². The number of hydrogen-bond acceptors (Lipinski definition) is 0. The van der Waals surface area contributed by atoms with Crippen LogP contribution in [0.5, 0.6) is 0 Å². The molecule has 17 heavy (non-hydrogen) atoms. The molecule has 0 fully saturated rings. The van der Waals surface area contributed by atoms with Crippen LogP contribution in [-0.4, -0.2) is 0 Å². The summed E-state index contributed by atoms with van der Waals surface area (Å²) in [4.78, 5) is 0. The van der Waals surface area contributed by atoms with E-state index < -0.39 is 0 Å². The normalized spacial score (nSPS) is 15.3. The van der Waals surface area contributed by atoms with E-state index in [1.54, 1.807) is 0 Å². The average molecular weight is 234 g/mol. The maximum Gasteiger partial charge on any atom is -0.0261 e. The Morgan fingerprint density at radius 3 is 2.29 bits per heavy atom. The van der Waals surface area contributed by atoms with Crippen molar-refractivity contribution in [2.45, 2.75) is 60.3 Å². The molecule has 0 spiro atoms. The molecule has 0 bridgehead atoms. The first-order chi connectivity index (χ1) is 8.10. The van der Waals surface area contributed by atoms with Gasteiger partial charge in [0.25, 0.3) is 0 Å². The van der Waals surface area contributed by atoms with Gasteiger partial charge in [0.2, 0.25) is 0 Å². The van der Waals surface area contributed by atoms with Crippen LogP contribution in [0.4, 0.5) is 0 Å². The summed E-state index contributed by atoms with van der Waals surface area (Å²) < 4.78 is 0. The Morgan fingerprint density at radius 1 is 1.06 bits per heavy atom. The highest BCUT2D eigenvalue weighted by Gasteiger charge is 1.93. The van der Waals surface area contributed by atoms with Gasteiger partial charge in [0.1, 0.15) is 0 Å². The van der Waals surface area contributed by atoms with E-state index in [0.29, 0.717) is 5.92 Å². The van der Waals surface area contributed by atoms with Gasteiger partial charge in [0.15, 0.2) is 0 Å². The second-order valence-electron chi connectivity index (χ2n) is 5.27. The van der Waals surface area contributed by atoms with E-state index in [4.69, 9.17) is 0 Å². The van der Waals surface area contributed by atoms with Crippen molar-refractivity contribution in [3.63, 3.8) is 0 Å². The lowest BCUT2D eigenvalue weighted by Gasteiger charge is -2.01. The molecule has 0 aromatic carbocycles. The minimum atomic E-state index is 0.679. The zero-order chi connectivity index (χ0) is 13.1. The van der Waals surface area contributed by atoms with Crippen molar-refractivity contribution >= 4 is 0 Å². The smallest absolute Gasteiger partial charge is 0.0261 e. The maximum atomic E-state index is 2.34. The summed E-state index contributed by atoms with van der Waals surface area (Å²) in [6.45, 7) is 11.2. The van der Waals surface area contributed by atoms with Crippen LogP contribution in [-0.2, 0) is 0 Å². The summed E-state index contributed by atoms with van der Waals surface area (Å²) in [6, 6.07) is 0. The van der Waals surface area contributed by atoms with Crippen molar-refractivity contribution in [3.05, 3.63) is 36.0 Å². The summed E-state index contributed by atoms with van der Waals surface area (Å²) in [5.41, 5.74) is 1.37. The van der Waals surface area contributed by atoms with E-state index in [-0.39, 0.29) is 0 Å². The molecule has 0 aliphatic heterocycles. The summed E-state index contributed by atoms with van der Waals surface area (Å²) in [6.07, 6.45) is 16.3. The average Bonchev–Trinajstić information content (AvgIpc) is 2.31. The molecule has 0 aliphatic carbocycles. The third kappa shape index (κ3) is 10.1. The van der Waals surface area contributed by atoms with Gasteiger partial charge in [-0.15, -0.1) is 0 Å². The van der Waals surface area contributed by atoms with Gasteiger partial charge in [-0.25, -0.2) is 0 Å². The van der Waals surface area contributed by atoms with Crippen LogP contribution in [0.2, 0.25) is 0 Å². The van der Waals surface area contributed by atoms with Gasteiger partial charge >= 0.3 is 0 Å². The highest BCUT2D eigenvalue weighted by molar-refractivity contribution is 5.30. The molecule has 0 radical (unpaired) electrons. The fourth-order valence-electron chi connectivity index (χ4n) is 1.39. The van der Waals surface area contributed by atoms with Crippen LogP contribution in [0.3, 0.4) is 0 Å². The van der Waals surface area contributed by atoms with Gasteiger partial charge in [-0.1, -0.05) is 77.8 Å². The Morgan fingerprint density at radius 2 is 1.76 bits per heavy atom. The zero-order valence-corrected chi connectivity index (χ0v) is 12.4. The highest BCUT2D eigenvalue weighted by atomic mass is 14.0. The topological polar surface area (TPSA) is 0 Å². The summed E-state index contributed by atoms with van der Waals surface area (Å²) in [5, 5.41) is 0. The number of unbranched alkanes of at least 4 members (excludes halogenated alkanes) is 1. The van der Waals surface area contributed by atoms with Gasteiger partial charge in [-0.05, 0) is 30.3 Å². The first-order valence-electron chi connectivity index (χ1n) is 7.15. The first-order valence-corrected chi connectivity index (χ1v) is 7.15. The molecule has 1 atom stereocenters. The zero-order valence-electron chi connectivity index (χ0n) is 12.4. The van der Waals surface area contributed by atoms with Crippen molar-refractivity contribution in [2.75, 3.05) is 0 Å². The lowest BCUT2D eigenvalue weighted by molar-refractivity contribution is 0.663. The van der Waals surface area contributed by atoms with Gasteiger partial charge in [0, 0.05) is 0 Å². The van der Waals surface area contributed by atoms with Gasteiger partial charge in [-0.2, -0.15) is 0 Å². The summed E-state index contributed by atoms with van der Waals surface area (Å²) in [5.74, 6) is 1.43. The third-order valence-electron chi connectivity index (χ3n) is 2.85. The van der Waals surface area contributed by atoms with E-state index in [1.165, 1.54) is 31.3 Å². The Bertz CT molecular complexity index is 253. The van der Waals surface area contributed by atoms with Crippen molar-refractivity contribution in [3.8, 4) is 0 Å². The molecular formula is C17H30. The van der Waals surface area contributed by atoms with E-state index in [1.807, 2.05) is 0 Å². The lowest BCUT2D eigenvalue weighted by Crippen LogP contribution is -1.85. The standard InChI is InChI=1S/C17H30/c1-6-8-11-17(12-9-10-15(3)4)14-13-16(5)7-2/h9,11-16H,6-8,10H2,1-5H3. The fourth-order valence-corrected chi connectivity index (χ4v) is 1.39. The predicted molar refractivity (Wildman–Crippen MR) is 80.2 cm³/mol. The van der Waals surface area contributed by atoms with Crippen LogP contribution in [0.15, 0.2) is 36.0 Å². The number of allylic oxidation sites excluding steroid dienone is 6. The largest absolute Gasteiger partial charge is 0.0837 e. The van der Waals surface area contributed by atoms with E-state index in [9.17, 15) is 0 Å². The molecule has 0 aromatic heterocycles. The Kier molecular flexibility index (Phi) is 9.90. The minimum Gasteiger partial charge on any atom is -0.0837 e. The number of hydrogen-bond donors (Lipinski definition) is 0. The van der Waals surface area contributed by atoms with Crippen molar-refractivity contribution in [1.82, 2.24) is 0 Å². The second-order valence-corrected chi connectivity index (χ2v) is 5.27. The molecular weight excluding hydrogens is 204 g/mol. The van der Waals surface area contributed by atoms with Crippen LogP contribution in [0.1, 0.15) is 60.3 Å². The minimum absolute atomic E-state index is 0.679. The highest BCUT2D eigenvalue weighted by Crippen LogP contribution is 2.10. The molecule has 0 rings (SSSR count). The van der Waals surface area contributed by atoms with Gasteiger partial charge in [-0.3, -0.25) is 0 Å². The lowest BCUT2D eigenvalue weighted by atomic mass is 10.0. The molecule has 0 amide bonds. The molecule has 0 N–H and O–H groups in total. The predicted octanol–water partition coefficient (Wildman–Crippen LogP) is 5.92. The van der Waals surface area contributed by atoms with Crippen LogP contribution in [0.25, 0.3) is 0 Å². The Hall–Kier alpha value is -0.780. The van der Waals surface area contributed by atoms with Gasteiger partial charge < -0.3 is 0 Å². The SMILES string of the molecule is CCCC=C(C=CCC(C)C)C=CC(C)CC. The molecule has 0 nitrogen and oxygen atoms in total. The molecule has 1 unspecified atom stereocenters. The molecule has 0 aliphatic rings. The van der Waals surface area contributed by atoms with Crippen molar-refractivity contribution in [1.29, 1.82) is 0 Å². The van der Waals surface area contributed by atoms with Crippen LogP contribution < -0.4 is 0 Å². The van der Waals surface area contributed by atoms with Gasteiger partial charge in [0.05, 0.1) is 0 Å². The monoisotopic (exact) mass is 234 g/mol. The summed E-state index contributed by atoms with van der Waals surface area (Å²) in [7, 11) is 0. The van der Waals surface area contributed by atoms with Crippen LogP contribution >= 0.6 is 0 Å². The molecule has 0 aromatic rings. The Balaban J connectivity index is 4.43. The van der Waals surface area contributed by atoms with Crippen molar-refractivity contribution < 1.29 is 0 Å². The molecule has 0 saturated heterocycles. The molecule has 0 heteroatoms. The van der Waals surface area contributed by atoms with E-state index in [2.05, 4.69) is 65.0 Å². The third-order valence-corrected chi connectivity index (χ3v) is 2.85. The molecule has 0 heterocycles. The quantitative estimate of drug-likeness (QED) is 0.457. The second kappa shape index (κ2) is 10.4. The number of rotatable bonds is 8. The molecule has 98 valence electrons. The maximum absolute atomic E-state index is 2.34. The summed E-state index contributed by atoms with van der Waals surface area (Å²) >= 11 is 0. The fraction of sp³-hybridized carbons (Fsp3) is 0.647. The first kappa shape index (κ1) is 16.2. The van der Waals surface area contributed by atoms with E-state index >= 15 is 0 Å². The molecule has 0 saturated carbocycles.